The number of nitrogens with one attached hydrogen (secondary N) is 2. The molecule has 130 valence electrons. The number of imide groups is 1. The highest BCUT2D eigenvalue weighted by Crippen LogP contribution is 2.33. The molecule has 4 rings (SSSR count). The third kappa shape index (κ3) is 2.53. The third-order valence-corrected chi connectivity index (χ3v) is 6.00. The Labute approximate surface area is 153 Å². The minimum absolute atomic E-state index is 0.00238. The van der Waals surface area contributed by atoms with E-state index in [1.54, 1.807) is 30.3 Å². The van der Waals surface area contributed by atoms with Crippen molar-refractivity contribution in [3.8, 4) is 0 Å². The first-order valence-corrected chi connectivity index (χ1v) is 9.43. The van der Waals surface area contributed by atoms with Gasteiger partial charge in [0.2, 0.25) is 0 Å². The van der Waals surface area contributed by atoms with Crippen molar-refractivity contribution >= 4 is 49.9 Å². The van der Waals surface area contributed by atoms with E-state index in [4.69, 9.17) is 11.6 Å². The van der Waals surface area contributed by atoms with Crippen molar-refractivity contribution in [2.45, 2.75) is 4.90 Å². The minimum Gasteiger partial charge on any atom is -0.288 e. The van der Waals surface area contributed by atoms with E-state index in [2.05, 4.69) is 10.0 Å². The molecule has 1 aliphatic rings. The molecule has 0 fully saturated rings. The van der Waals surface area contributed by atoms with Crippen LogP contribution in [-0.2, 0) is 10.0 Å². The Morgan fingerprint density at radius 1 is 0.885 bits per heavy atom. The van der Waals surface area contributed by atoms with Gasteiger partial charge in [-0.3, -0.25) is 19.6 Å². The molecule has 3 aromatic carbocycles. The predicted molar refractivity (Wildman–Crippen MR) is 98.0 cm³/mol. The number of carbonyl (C=O) groups excluding carboxylic acids is 2. The van der Waals surface area contributed by atoms with Crippen molar-refractivity contribution in [3.63, 3.8) is 0 Å². The molecule has 0 saturated carbocycles. The SMILES string of the molecule is O=C1NC(=O)c2c(NS(=O)(=O)c3c(Cl)ccc4ccccc34)cccc21. The zero-order chi connectivity index (χ0) is 18.5. The molecular weight excluding hydrogens is 376 g/mol. The maximum absolute atomic E-state index is 13.0. The van der Waals surface area contributed by atoms with Crippen molar-refractivity contribution in [1.29, 1.82) is 0 Å². The lowest BCUT2D eigenvalue weighted by atomic mass is 10.1. The maximum Gasteiger partial charge on any atom is 0.264 e. The molecule has 6 nitrogen and oxygen atoms in total. The summed E-state index contributed by atoms with van der Waals surface area (Å²) in [6.45, 7) is 0. The van der Waals surface area contributed by atoms with Crippen LogP contribution in [0, 0.1) is 0 Å². The van der Waals surface area contributed by atoms with E-state index in [0.29, 0.717) is 10.8 Å². The summed E-state index contributed by atoms with van der Waals surface area (Å²) in [4.78, 5) is 23.7. The quantitative estimate of drug-likeness (QED) is 0.676. The van der Waals surface area contributed by atoms with Gasteiger partial charge in [0.15, 0.2) is 0 Å². The van der Waals surface area contributed by atoms with Crippen LogP contribution in [0.5, 0.6) is 0 Å². The Kier molecular flexibility index (Phi) is 3.71. The van der Waals surface area contributed by atoms with Gasteiger partial charge < -0.3 is 0 Å². The summed E-state index contributed by atoms with van der Waals surface area (Å²) < 4.78 is 28.4. The summed E-state index contributed by atoms with van der Waals surface area (Å²) in [5, 5.41) is 3.38. The van der Waals surface area contributed by atoms with Crippen LogP contribution in [0.25, 0.3) is 10.8 Å². The van der Waals surface area contributed by atoms with Crippen LogP contribution < -0.4 is 10.0 Å². The maximum atomic E-state index is 13.0. The van der Waals surface area contributed by atoms with E-state index >= 15 is 0 Å². The Bertz CT molecular complexity index is 1210. The molecule has 0 unspecified atom stereocenters. The van der Waals surface area contributed by atoms with E-state index < -0.39 is 21.8 Å². The Balaban J connectivity index is 1.88. The molecule has 0 atom stereocenters. The van der Waals surface area contributed by atoms with Gasteiger partial charge in [0.05, 0.1) is 21.8 Å². The molecule has 2 N–H and O–H groups in total. The van der Waals surface area contributed by atoms with Gasteiger partial charge in [-0.05, 0) is 23.6 Å². The summed E-state index contributed by atoms with van der Waals surface area (Å²) >= 11 is 6.17. The number of amides is 2. The van der Waals surface area contributed by atoms with Gasteiger partial charge in [-0.2, -0.15) is 0 Å². The Hall–Kier alpha value is -2.90. The second-order valence-corrected chi connectivity index (χ2v) is 7.74. The van der Waals surface area contributed by atoms with E-state index in [0.717, 1.165) is 0 Å². The number of carbonyl (C=O) groups is 2. The van der Waals surface area contributed by atoms with Gasteiger partial charge in [0, 0.05) is 5.39 Å². The molecule has 0 aromatic heterocycles. The third-order valence-electron chi connectivity index (χ3n) is 4.11. The van der Waals surface area contributed by atoms with Crippen molar-refractivity contribution in [3.05, 3.63) is 70.7 Å². The molecule has 0 aliphatic carbocycles. The number of hydrogen-bond donors (Lipinski definition) is 2. The summed E-state index contributed by atoms with van der Waals surface area (Å²) in [5.74, 6) is -1.21. The Morgan fingerprint density at radius 3 is 2.46 bits per heavy atom. The monoisotopic (exact) mass is 386 g/mol. The minimum atomic E-state index is -4.11. The number of anilines is 1. The number of halogens is 1. The number of benzene rings is 3. The first kappa shape index (κ1) is 16.6. The fourth-order valence-corrected chi connectivity index (χ4v) is 4.82. The van der Waals surface area contributed by atoms with E-state index in [1.807, 2.05) is 0 Å². The van der Waals surface area contributed by atoms with Gasteiger partial charge in [-0.1, -0.05) is 48.0 Å². The van der Waals surface area contributed by atoms with Crippen molar-refractivity contribution in [1.82, 2.24) is 5.32 Å². The van der Waals surface area contributed by atoms with E-state index in [9.17, 15) is 18.0 Å². The van der Waals surface area contributed by atoms with Gasteiger partial charge in [-0.25, -0.2) is 8.42 Å². The molecule has 3 aromatic rings. The lowest BCUT2D eigenvalue weighted by Gasteiger charge is -2.13. The average Bonchev–Trinajstić information content (AvgIpc) is 2.89. The lowest BCUT2D eigenvalue weighted by molar-refractivity contribution is 0.0880. The standard InChI is InChI=1S/C18H11ClN2O4S/c19-13-9-8-10-4-1-2-5-11(10)16(13)26(24,25)21-14-7-3-6-12-15(14)18(23)20-17(12)22/h1-9,21H,(H,20,22,23). The Morgan fingerprint density at radius 2 is 1.65 bits per heavy atom. The summed E-state index contributed by atoms with van der Waals surface area (Å²) in [6.07, 6.45) is 0. The molecular formula is C18H11ClN2O4S. The molecule has 8 heteroatoms. The molecule has 0 radical (unpaired) electrons. The largest absolute Gasteiger partial charge is 0.288 e. The van der Waals surface area contributed by atoms with Crippen LogP contribution in [-0.4, -0.2) is 20.2 Å². The van der Waals surface area contributed by atoms with Crippen LogP contribution >= 0.6 is 11.6 Å². The molecule has 0 saturated heterocycles. The number of rotatable bonds is 3. The zero-order valence-electron chi connectivity index (χ0n) is 13.1. The van der Waals surface area contributed by atoms with Crippen LogP contribution in [0.2, 0.25) is 5.02 Å². The normalized spacial score (nSPS) is 13.6. The van der Waals surface area contributed by atoms with Crippen LogP contribution in [0.4, 0.5) is 5.69 Å². The smallest absolute Gasteiger partial charge is 0.264 e. The highest BCUT2D eigenvalue weighted by molar-refractivity contribution is 7.93. The van der Waals surface area contributed by atoms with Crippen molar-refractivity contribution in [2.75, 3.05) is 4.72 Å². The van der Waals surface area contributed by atoms with Crippen molar-refractivity contribution in [2.24, 2.45) is 0 Å². The predicted octanol–water partition coefficient (Wildman–Crippen LogP) is 3.18. The second-order valence-electron chi connectivity index (χ2n) is 5.71. The van der Waals surface area contributed by atoms with Gasteiger partial charge in [0.25, 0.3) is 21.8 Å². The summed E-state index contributed by atoms with van der Waals surface area (Å²) in [5.41, 5.74) is 0.145. The first-order valence-electron chi connectivity index (χ1n) is 7.57. The number of fused-ring (bicyclic) bond motifs is 2. The second kappa shape index (κ2) is 5.82. The van der Waals surface area contributed by atoms with Gasteiger partial charge >= 0.3 is 0 Å². The number of sulfonamides is 1. The first-order chi connectivity index (χ1) is 12.4. The molecule has 2 amide bonds. The molecule has 1 aliphatic heterocycles. The number of hydrogen-bond acceptors (Lipinski definition) is 4. The fraction of sp³-hybridized carbons (Fsp3) is 0. The topological polar surface area (TPSA) is 92.3 Å². The zero-order valence-corrected chi connectivity index (χ0v) is 14.7. The highest BCUT2D eigenvalue weighted by Gasteiger charge is 2.31. The van der Waals surface area contributed by atoms with E-state index in [1.165, 1.54) is 24.3 Å². The molecule has 0 spiro atoms. The van der Waals surface area contributed by atoms with Crippen LogP contribution in [0.3, 0.4) is 0 Å². The van der Waals surface area contributed by atoms with Crippen molar-refractivity contribution < 1.29 is 18.0 Å². The average molecular weight is 387 g/mol. The van der Waals surface area contributed by atoms with Crippen LogP contribution in [0.15, 0.2) is 59.5 Å². The van der Waals surface area contributed by atoms with Gasteiger partial charge in [-0.15, -0.1) is 0 Å². The molecule has 0 bridgehead atoms. The van der Waals surface area contributed by atoms with E-state index in [-0.39, 0.29) is 26.7 Å². The summed E-state index contributed by atoms with van der Waals surface area (Å²) in [7, 11) is -4.11. The summed E-state index contributed by atoms with van der Waals surface area (Å²) in [6, 6.07) is 14.5. The fourth-order valence-electron chi connectivity index (χ4n) is 2.99. The molecule has 1 heterocycles. The van der Waals surface area contributed by atoms with Crippen LogP contribution in [0.1, 0.15) is 20.7 Å². The highest BCUT2D eigenvalue weighted by atomic mass is 35.5. The molecule has 26 heavy (non-hydrogen) atoms. The van der Waals surface area contributed by atoms with Gasteiger partial charge in [0.1, 0.15) is 4.90 Å². The lowest BCUT2D eigenvalue weighted by Crippen LogP contribution is -2.21.